The maximum atomic E-state index is 13.2. The van der Waals surface area contributed by atoms with E-state index in [2.05, 4.69) is 30.2 Å². The first-order valence-corrected chi connectivity index (χ1v) is 8.89. The van der Waals surface area contributed by atoms with Crippen LogP contribution in [0.15, 0.2) is 30.6 Å². The molecular weight excluding hydrogens is 373 g/mol. The van der Waals surface area contributed by atoms with E-state index in [1.165, 1.54) is 0 Å². The van der Waals surface area contributed by atoms with Crippen LogP contribution in [-0.4, -0.2) is 49.1 Å². The van der Waals surface area contributed by atoms with Gasteiger partial charge in [-0.05, 0) is 17.5 Å². The lowest BCUT2D eigenvalue weighted by Crippen LogP contribution is -2.21. The van der Waals surface area contributed by atoms with Crippen molar-refractivity contribution in [2.24, 2.45) is 0 Å². The summed E-state index contributed by atoms with van der Waals surface area (Å²) in [5, 5.41) is 12.4. The number of anilines is 1. The summed E-state index contributed by atoms with van der Waals surface area (Å²) in [5.41, 5.74) is 0.707. The third-order valence-corrected chi connectivity index (χ3v) is 4.68. The third kappa shape index (κ3) is 4.07. The Kier molecular flexibility index (Phi) is 4.90. The van der Waals surface area contributed by atoms with Gasteiger partial charge < -0.3 is 15.4 Å². The molecule has 10 heteroatoms. The molecule has 1 atom stereocenters. The molecule has 1 aromatic carbocycles. The number of nitrogens with zero attached hydrogens (tertiary/aromatic N) is 4. The van der Waals surface area contributed by atoms with Gasteiger partial charge in [0, 0.05) is 26.2 Å². The van der Waals surface area contributed by atoms with Crippen LogP contribution in [0, 0.1) is 0 Å². The van der Waals surface area contributed by atoms with Crippen LogP contribution in [0.4, 0.5) is 19.1 Å². The highest BCUT2D eigenvalue weighted by molar-refractivity contribution is 5.74. The van der Waals surface area contributed by atoms with E-state index in [-0.39, 0.29) is 29.8 Å². The van der Waals surface area contributed by atoms with E-state index in [9.17, 15) is 18.3 Å². The summed E-state index contributed by atoms with van der Waals surface area (Å²) in [6, 6.07) is 7.76. The molecule has 0 spiro atoms. The molecule has 2 aromatic heterocycles. The number of alkyl halides is 3. The van der Waals surface area contributed by atoms with Crippen LogP contribution in [0.3, 0.4) is 0 Å². The van der Waals surface area contributed by atoms with Crippen molar-refractivity contribution < 1.29 is 18.3 Å². The van der Waals surface area contributed by atoms with Crippen LogP contribution in [-0.2, 0) is 19.3 Å². The molecule has 0 radical (unpaired) electrons. The van der Waals surface area contributed by atoms with Gasteiger partial charge in [0.25, 0.3) is 0 Å². The normalized spacial score (nSPS) is 18.1. The number of benzene rings is 1. The quantitative estimate of drug-likeness (QED) is 0.618. The van der Waals surface area contributed by atoms with E-state index in [4.69, 9.17) is 0 Å². The number of likely N-dealkylation sites (tertiary alicyclic amines) is 1. The highest BCUT2D eigenvalue weighted by Crippen LogP contribution is 2.32. The largest absolute Gasteiger partial charge is 0.435 e. The summed E-state index contributed by atoms with van der Waals surface area (Å²) in [6.07, 6.45) is -2.90. The molecule has 4 rings (SSSR count). The molecule has 0 bridgehead atoms. The number of fused-ring (bicyclic) bond motifs is 1. The summed E-state index contributed by atoms with van der Waals surface area (Å²) in [4.78, 5) is 16.0. The number of β-amino-alcohol motifs (C(OH)–C–C–N with tert-alkyl or cyclic N) is 1. The molecule has 7 nitrogen and oxygen atoms in total. The van der Waals surface area contributed by atoms with Crippen LogP contribution in [0.5, 0.6) is 0 Å². The smallest absolute Gasteiger partial charge is 0.392 e. The van der Waals surface area contributed by atoms with E-state index in [1.807, 2.05) is 24.3 Å². The number of halogens is 3. The molecule has 0 saturated carbocycles. The monoisotopic (exact) mass is 392 g/mol. The van der Waals surface area contributed by atoms with Crippen LogP contribution in [0.1, 0.15) is 23.2 Å². The van der Waals surface area contributed by atoms with Gasteiger partial charge in [-0.3, -0.25) is 4.90 Å². The predicted molar refractivity (Wildman–Crippen MR) is 96.4 cm³/mol. The van der Waals surface area contributed by atoms with Gasteiger partial charge in [0.15, 0.2) is 11.3 Å². The second kappa shape index (κ2) is 7.36. The molecule has 1 fully saturated rings. The van der Waals surface area contributed by atoms with Crippen LogP contribution in [0.2, 0.25) is 0 Å². The van der Waals surface area contributed by atoms with Crippen molar-refractivity contribution in [2.75, 3.05) is 18.4 Å². The lowest BCUT2D eigenvalue weighted by molar-refractivity contribution is -0.139. The van der Waals surface area contributed by atoms with Crippen molar-refractivity contribution in [3.05, 3.63) is 47.4 Å². The van der Waals surface area contributed by atoms with Gasteiger partial charge in [0.05, 0.1) is 12.4 Å². The third-order valence-electron chi connectivity index (χ3n) is 4.68. The highest BCUT2D eigenvalue weighted by Gasteiger charge is 2.36. The Labute approximate surface area is 158 Å². The second-order valence-corrected chi connectivity index (χ2v) is 6.84. The Bertz CT molecular complexity index is 956. The Morgan fingerprint density at radius 1 is 1.18 bits per heavy atom. The molecule has 148 valence electrons. The second-order valence-electron chi connectivity index (χ2n) is 6.84. The maximum Gasteiger partial charge on any atom is 0.435 e. The van der Waals surface area contributed by atoms with E-state index in [1.54, 1.807) is 0 Å². The number of imidazole rings is 1. The van der Waals surface area contributed by atoms with Gasteiger partial charge in [-0.15, -0.1) is 0 Å². The Hall–Kier alpha value is -2.72. The van der Waals surface area contributed by atoms with Gasteiger partial charge in [0.2, 0.25) is 5.95 Å². The fourth-order valence-corrected chi connectivity index (χ4v) is 3.28. The molecule has 1 aliphatic heterocycles. The maximum absolute atomic E-state index is 13.2. The lowest BCUT2D eigenvalue weighted by atomic mass is 10.1. The molecule has 1 saturated heterocycles. The topological polar surface area (TPSA) is 90.0 Å². The fraction of sp³-hybridized carbons (Fsp3) is 0.389. The van der Waals surface area contributed by atoms with Crippen molar-refractivity contribution in [1.82, 2.24) is 24.8 Å². The zero-order valence-corrected chi connectivity index (χ0v) is 14.9. The molecule has 28 heavy (non-hydrogen) atoms. The first-order valence-electron chi connectivity index (χ1n) is 8.89. The van der Waals surface area contributed by atoms with Crippen LogP contribution >= 0.6 is 0 Å². The van der Waals surface area contributed by atoms with Crippen molar-refractivity contribution in [1.29, 1.82) is 0 Å². The van der Waals surface area contributed by atoms with Gasteiger partial charge in [-0.25, -0.2) is 9.97 Å². The van der Waals surface area contributed by atoms with Crippen molar-refractivity contribution in [3.8, 4) is 0 Å². The van der Waals surface area contributed by atoms with Crippen molar-refractivity contribution in [2.45, 2.75) is 31.8 Å². The average molecular weight is 392 g/mol. The van der Waals surface area contributed by atoms with E-state index in [0.717, 1.165) is 37.0 Å². The Morgan fingerprint density at radius 2 is 1.93 bits per heavy atom. The first-order chi connectivity index (χ1) is 13.4. The standard InChI is InChI=1S/C18H19F3N6O/c19-18(20,21)15-14-16(24-10-23-14)26-17(25-15)22-7-11-1-3-12(4-2-11)8-27-6-5-13(28)9-27/h1-4,10,13,28H,5-9H2,(H2,22,23,24,25,26). The van der Waals surface area contributed by atoms with E-state index >= 15 is 0 Å². The number of aromatic amines is 1. The number of aliphatic hydroxyl groups is 1. The lowest BCUT2D eigenvalue weighted by Gasteiger charge is -2.15. The number of hydrogen-bond acceptors (Lipinski definition) is 6. The highest BCUT2D eigenvalue weighted by atomic mass is 19.4. The minimum Gasteiger partial charge on any atom is -0.392 e. The van der Waals surface area contributed by atoms with Gasteiger partial charge in [-0.2, -0.15) is 18.2 Å². The van der Waals surface area contributed by atoms with Crippen LogP contribution < -0.4 is 5.32 Å². The minimum atomic E-state index is -4.60. The van der Waals surface area contributed by atoms with Gasteiger partial charge in [-0.1, -0.05) is 24.3 Å². The molecular formula is C18H19F3N6O. The number of H-pyrrole nitrogens is 1. The van der Waals surface area contributed by atoms with E-state index in [0.29, 0.717) is 6.54 Å². The SMILES string of the molecule is OC1CCN(Cc2ccc(CNc3nc(C(F)(F)F)c4[nH]cnc4n3)cc2)C1. The van der Waals surface area contributed by atoms with Crippen LogP contribution in [0.25, 0.3) is 11.2 Å². The molecule has 3 heterocycles. The fourth-order valence-electron chi connectivity index (χ4n) is 3.28. The molecule has 0 aliphatic carbocycles. The Morgan fingerprint density at radius 3 is 2.61 bits per heavy atom. The van der Waals surface area contributed by atoms with Gasteiger partial charge in [0.1, 0.15) is 5.52 Å². The average Bonchev–Trinajstić information content (AvgIpc) is 3.28. The van der Waals surface area contributed by atoms with E-state index < -0.39 is 11.9 Å². The van der Waals surface area contributed by atoms with Crippen molar-refractivity contribution >= 4 is 17.1 Å². The number of hydrogen-bond donors (Lipinski definition) is 3. The van der Waals surface area contributed by atoms with Gasteiger partial charge >= 0.3 is 6.18 Å². The zero-order chi connectivity index (χ0) is 19.7. The minimum absolute atomic E-state index is 0.0343. The molecule has 0 amide bonds. The number of nitrogens with one attached hydrogen (secondary N) is 2. The number of aliphatic hydroxyl groups excluding tert-OH is 1. The number of aromatic nitrogens is 4. The Balaban J connectivity index is 1.43. The molecule has 3 aromatic rings. The first kappa shape index (κ1) is 18.6. The summed E-state index contributed by atoms with van der Waals surface area (Å²) in [5.74, 6) is -0.123. The zero-order valence-electron chi connectivity index (χ0n) is 14.9. The predicted octanol–water partition coefficient (Wildman–Crippen LogP) is 2.55. The molecule has 1 aliphatic rings. The summed E-state index contributed by atoms with van der Waals surface area (Å²) >= 11 is 0. The summed E-state index contributed by atoms with van der Waals surface area (Å²) in [7, 11) is 0. The molecule has 1 unspecified atom stereocenters. The number of rotatable bonds is 5. The molecule has 3 N–H and O–H groups in total. The van der Waals surface area contributed by atoms with Crippen molar-refractivity contribution in [3.63, 3.8) is 0 Å². The summed E-state index contributed by atoms with van der Waals surface area (Å²) < 4.78 is 39.6. The summed E-state index contributed by atoms with van der Waals surface area (Å²) in [6.45, 7) is 2.60.